The molecule has 0 atom stereocenters. The van der Waals surface area contributed by atoms with Gasteiger partial charge in [0.15, 0.2) is 11.6 Å². The van der Waals surface area contributed by atoms with Crippen LogP contribution in [0.4, 0.5) is 8.78 Å². The Morgan fingerprint density at radius 1 is 1.29 bits per heavy atom. The van der Waals surface area contributed by atoms with E-state index in [2.05, 4.69) is 15.4 Å². The minimum Gasteiger partial charge on any atom is -0.304 e. The van der Waals surface area contributed by atoms with Crippen LogP contribution in [0, 0.1) is 11.6 Å². The average molecular weight is 296 g/mol. The zero-order chi connectivity index (χ0) is 15.2. The molecule has 114 valence electrons. The molecule has 1 aliphatic rings. The lowest BCUT2D eigenvalue weighted by Gasteiger charge is -2.31. The summed E-state index contributed by atoms with van der Waals surface area (Å²) in [6.45, 7) is 3.84. The van der Waals surface area contributed by atoms with Gasteiger partial charge in [0.1, 0.15) is 0 Å². The zero-order valence-corrected chi connectivity index (χ0v) is 11.9. The Morgan fingerprint density at radius 3 is 2.67 bits per heavy atom. The first-order valence-corrected chi connectivity index (χ1v) is 6.72. The second-order valence-electron chi connectivity index (χ2n) is 5.05. The van der Waals surface area contributed by atoms with Gasteiger partial charge < -0.3 is 4.90 Å². The van der Waals surface area contributed by atoms with Gasteiger partial charge in [-0.15, -0.1) is 0 Å². The number of carbonyl (C=O) groups excluding carboxylic acids is 1. The first-order valence-electron chi connectivity index (χ1n) is 6.72. The molecule has 0 bridgehead atoms. The van der Waals surface area contributed by atoms with Crippen molar-refractivity contribution in [3.8, 4) is 0 Å². The molecule has 0 saturated carbocycles. The molecule has 1 aliphatic heterocycles. The molecule has 0 aromatic heterocycles. The standard InChI is InChI=1S/C14H18F2N4O/c1-19-4-6-20(7-5-19)10-14(21)18-17-9-11-2-3-12(15)13(16)8-11/h2-3,8-9H,4-7,10H2,1H3,(H,18,21)/b17-9+. The third-order valence-electron chi connectivity index (χ3n) is 3.31. The molecular weight excluding hydrogens is 278 g/mol. The van der Waals surface area contributed by atoms with Crippen molar-refractivity contribution in [2.75, 3.05) is 39.8 Å². The van der Waals surface area contributed by atoms with E-state index in [4.69, 9.17) is 0 Å². The minimum atomic E-state index is -0.942. The fraction of sp³-hybridized carbons (Fsp3) is 0.429. The predicted molar refractivity (Wildman–Crippen MR) is 76.0 cm³/mol. The highest BCUT2D eigenvalue weighted by atomic mass is 19.2. The number of amides is 1. The molecule has 1 heterocycles. The monoisotopic (exact) mass is 296 g/mol. The third-order valence-corrected chi connectivity index (χ3v) is 3.31. The van der Waals surface area contributed by atoms with Crippen LogP contribution >= 0.6 is 0 Å². The molecule has 7 heteroatoms. The van der Waals surface area contributed by atoms with Crippen LogP contribution < -0.4 is 5.43 Å². The molecule has 1 aromatic rings. The third kappa shape index (κ3) is 4.87. The Bertz CT molecular complexity index is 528. The lowest BCUT2D eigenvalue weighted by Crippen LogP contribution is -2.47. The largest absolute Gasteiger partial charge is 0.304 e. The number of likely N-dealkylation sites (N-methyl/N-ethyl adjacent to an activating group) is 1. The summed E-state index contributed by atoms with van der Waals surface area (Å²) < 4.78 is 25.7. The quantitative estimate of drug-likeness (QED) is 0.656. The molecule has 21 heavy (non-hydrogen) atoms. The molecule has 5 nitrogen and oxygen atoms in total. The molecule has 1 aromatic carbocycles. The van der Waals surface area contributed by atoms with E-state index in [9.17, 15) is 13.6 Å². The van der Waals surface area contributed by atoms with Crippen LogP contribution in [0.2, 0.25) is 0 Å². The molecule has 1 amide bonds. The maximum absolute atomic E-state index is 13.0. The molecule has 1 N–H and O–H groups in total. The van der Waals surface area contributed by atoms with E-state index in [1.165, 1.54) is 12.3 Å². The number of nitrogens with one attached hydrogen (secondary N) is 1. The smallest absolute Gasteiger partial charge is 0.254 e. The van der Waals surface area contributed by atoms with Gasteiger partial charge in [-0.25, -0.2) is 14.2 Å². The normalized spacial score (nSPS) is 17.3. The van der Waals surface area contributed by atoms with Crippen LogP contribution in [-0.4, -0.2) is 61.7 Å². The van der Waals surface area contributed by atoms with Gasteiger partial charge in [-0.3, -0.25) is 9.69 Å². The van der Waals surface area contributed by atoms with Gasteiger partial charge in [0.25, 0.3) is 5.91 Å². The van der Waals surface area contributed by atoms with E-state index in [1.54, 1.807) is 0 Å². The number of rotatable bonds is 4. The van der Waals surface area contributed by atoms with Gasteiger partial charge in [0.2, 0.25) is 0 Å². The molecular formula is C14H18F2N4O. The van der Waals surface area contributed by atoms with Crippen molar-refractivity contribution in [3.63, 3.8) is 0 Å². The number of piperazine rings is 1. The molecule has 1 fully saturated rings. The lowest BCUT2D eigenvalue weighted by atomic mass is 10.2. The van der Waals surface area contributed by atoms with Crippen LogP contribution in [-0.2, 0) is 4.79 Å². The summed E-state index contributed by atoms with van der Waals surface area (Å²) in [5, 5.41) is 3.74. The van der Waals surface area contributed by atoms with E-state index in [1.807, 2.05) is 11.9 Å². The summed E-state index contributed by atoms with van der Waals surface area (Å²) in [6.07, 6.45) is 1.28. The highest BCUT2D eigenvalue weighted by molar-refractivity contribution is 5.83. The summed E-state index contributed by atoms with van der Waals surface area (Å²) in [5.74, 6) is -2.08. The van der Waals surface area contributed by atoms with Crippen LogP contribution in [0.1, 0.15) is 5.56 Å². The van der Waals surface area contributed by atoms with Crippen molar-refractivity contribution >= 4 is 12.1 Å². The number of carbonyl (C=O) groups is 1. The number of benzene rings is 1. The van der Waals surface area contributed by atoms with Crippen LogP contribution in [0.5, 0.6) is 0 Å². The summed E-state index contributed by atoms with van der Waals surface area (Å²) in [6, 6.07) is 3.42. The van der Waals surface area contributed by atoms with Crippen molar-refractivity contribution in [1.29, 1.82) is 0 Å². The molecule has 0 radical (unpaired) electrons. The maximum atomic E-state index is 13.0. The maximum Gasteiger partial charge on any atom is 0.254 e. The summed E-state index contributed by atoms with van der Waals surface area (Å²) in [5.41, 5.74) is 2.77. The number of hydrogen-bond donors (Lipinski definition) is 1. The number of halogens is 2. The summed E-state index contributed by atoms with van der Waals surface area (Å²) in [7, 11) is 2.05. The fourth-order valence-corrected chi connectivity index (χ4v) is 2.02. The Kier molecular flexibility index (Phi) is 5.35. The van der Waals surface area contributed by atoms with Gasteiger partial charge in [-0.1, -0.05) is 6.07 Å². The molecule has 0 aliphatic carbocycles. The molecule has 0 spiro atoms. The lowest BCUT2D eigenvalue weighted by molar-refractivity contribution is -0.122. The van der Waals surface area contributed by atoms with Gasteiger partial charge >= 0.3 is 0 Å². The first kappa shape index (κ1) is 15.5. The molecule has 2 rings (SSSR count). The molecule has 0 unspecified atom stereocenters. The summed E-state index contributed by atoms with van der Waals surface area (Å²) in [4.78, 5) is 15.9. The van der Waals surface area contributed by atoms with Crippen LogP contribution in [0.3, 0.4) is 0 Å². The topological polar surface area (TPSA) is 47.9 Å². The van der Waals surface area contributed by atoms with E-state index in [-0.39, 0.29) is 12.5 Å². The minimum absolute atomic E-state index is 0.224. The average Bonchev–Trinajstić information content (AvgIpc) is 2.45. The fourth-order valence-electron chi connectivity index (χ4n) is 2.02. The Balaban J connectivity index is 1.78. The van der Waals surface area contributed by atoms with E-state index in [0.29, 0.717) is 5.56 Å². The van der Waals surface area contributed by atoms with Gasteiger partial charge in [-0.2, -0.15) is 5.10 Å². The number of nitrogens with zero attached hydrogens (tertiary/aromatic N) is 3. The highest BCUT2D eigenvalue weighted by Crippen LogP contribution is 2.06. The Labute approximate surface area is 122 Å². The van der Waals surface area contributed by atoms with Gasteiger partial charge in [0.05, 0.1) is 12.8 Å². The van der Waals surface area contributed by atoms with Crippen molar-refractivity contribution in [3.05, 3.63) is 35.4 Å². The van der Waals surface area contributed by atoms with E-state index in [0.717, 1.165) is 38.3 Å². The first-order chi connectivity index (χ1) is 10.0. The van der Waals surface area contributed by atoms with Crippen molar-refractivity contribution < 1.29 is 13.6 Å². The van der Waals surface area contributed by atoms with Crippen molar-refractivity contribution in [2.24, 2.45) is 5.10 Å². The Morgan fingerprint density at radius 2 is 2.00 bits per heavy atom. The SMILES string of the molecule is CN1CCN(CC(=O)N/N=C/c2ccc(F)c(F)c2)CC1. The number of hydrogen-bond acceptors (Lipinski definition) is 4. The Hall–Kier alpha value is -1.86. The van der Waals surface area contributed by atoms with Gasteiger partial charge in [-0.05, 0) is 24.7 Å². The molecule has 1 saturated heterocycles. The predicted octanol–water partition coefficient (Wildman–Crippen LogP) is 0.662. The van der Waals surface area contributed by atoms with Crippen LogP contribution in [0.15, 0.2) is 23.3 Å². The second kappa shape index (κ2) is 7.24. The van der Waals surface area contributed by atoms with Crippen molar-refractivity contribution in [2.45, 2.75) is 0 Å². The second-order valence-corrected chi connectivity index (χ2v) is 5.05. The van der Waals surface area contributed by atoms with E-state index < -0.39 is 11.6 Å². The zero-order valence-electron chi connectivity index (χ0n) is 11.9. The number of hydrazone groups is 1. The van der Waals surface area contributed by atoms with Crippen LogP contribution in [0.25, 0.3) is 0 Å². The summed E-state index contributed by atoms with van der Waals surface area (Å²) >= 11 is 0. The van der Waals surface area contributed by atoms with Crippen molar-refractivity contribution in [1.82, 2.24) is 15.2 Å². The van der Waals surface area contributed by atoms with Gasteiger partial charge in [0, 0.05) is 26.2 Å². The highest BCUT2D eigenvalue weighted by Gasteiger charge is 2.15. The van der Waals surface area contributed by atoms with E-state index >= 15 is 0 Å².